The molecule has 0 aliphatic carbocycles. The largest absolute Gasteiger partial charge is 3.00 e. The van der Waals surface area contributed by atoms with E-state index in [9.17, 15) is 0 Å². The molecule has 5 heteroatoms. The second-order valence-electron chi connectivity index (χ2n) is 18.2. The number of imidazole rings is 1. The van der Waals surface area contributed by atoms with E-state index in [1.807, 2.05) is 55.0 Å². The summed E-state index contributed by atoms with van der Waals surface area (Å²) in [6.07, 6.45) is 11.5. The summed E-state index contributed by atoms with van der Waals surface area (Å²) in [6, 6.07) is 81.3. The molecule has 348 valence electrons. The van der Waals surface area contributed by atoms with Gasteiger partial charge in [-0.25, -0.2) is 0 Å². The zero-order chi connectivity index (χ0) is 47.9. The van der Waals surface area contributed by atoms with Gasteiger partial charge in [-0.2, -0.15) is 0 Å². The molecule has 0 radical (unpaired) electrons. The van der Waals surface area contributed by atoms with Gasteiger partial charge < -0.3 is 14.5 Å². The summed E-state index contributed by atoms with van der Waals surface area (Å²) in [5, 5.41) is 0. The van der Waals surface area contributed by atoms with Crippen molar-refractivity contribution >= 4 is 0 Å². The number of benzene rings is 8. The fraction of sp³-hybridized carbons (Fsp3) is 0.0896. The Morgan fingerprint density at radius 2 is 1.01 bits per heavy atom. The van der Waals surface area contributed by atoms with Crippen molar-refractivity contribution in [3.63, 3.8) is 0 Å². The summed E-state index contributed by atoms with van der Waals surface area (Å²) in [5.41, 5.74) is 22.6. The molecule has 0 aliphatic rings. The molecular formula is C67H51IrN4. The van der Waals surface area contributed by atoms with Gasteiger partial charge in [-0.05, 0) is 111 Å². The summed E-state index contributed by atoms with van der Waals surface area (Å²) < 4.78 is 2.18. The first-order valence-corrected chi connectivity index (χ1v) is 24.4. The SMILES string of the molecule is Cc1cccc(C)c1-n1ccnc1-c1[c-]cc(CCc2cc(CCc3ccc(-c4[c-]cccc4)nc3)cc(-c3ccccc3-c3cnc(-c4[c-]cccc4)cc3-c3ccc(-c4ccccc4)cc3)c2)cc1.[Ir+3]. The number of aryl methyl sites for hydroxylation is 6. The predicted molar refractivity (Wildman–Crippen MR) is 291 cm³/mol. The van der Waals surface area contributed by atoms with E-state index in [4.69, 9.17) is 15.0 Å². The van der Waals surface area contributed by atoms with E-state index >= 15 is 0 Å². The molecule has 72 heavy (non-hydrogen) atoms. The maximum atomic E-state index is 5.10. The first-order valence-electron chi connectivity index (χ1n) is 24.4. The van der Waals surface area contributed by atoms with Gasteiger partial charge in [0, 0.05) is 36.0 Å². The van der Waals surface area contributed by atoms with Crippen LogP contribution in [-0.2, 0) is 45.8 Å². The normalized spacial score (nSPS) is 11.0. The standard InChI is InChI=1S/C67H51N4.Ir/c1-47-15-14-16-48(2)66(47)71-40-39-68-67(71)58-32-29-49(30-33-58)25-27-51-41-52(28-26-50-31-38-64(69-45-50)56-19-8-4-9-20-56)43-59(42-51)60-23-12-13-24-61(60)63-46-70-65(57-21-10-5-11-22-57)44-62(63)55-36-34-54(35-37-55)53-17-6-3-7-18-53;/h3-19,21,23-24,29-32,34-46H,25-28H2,1-2H3;/q-3;+3. The third-order valence-electron chi connectivity index (χ3n) is 13.4. The molecule has 0 bridgehead atoms. The van der Waals surface area contributed by atoms with Crippen LogP contribution >= 0.6 is 0 Å². The molecule has 0 N–H and O–H groups in total. The molecule has 3 heterocycles. The fourth-order valence-corrected chi connectivity index (χ4v) is 9.74. The average molecular weight is 1100 g/mol. The van der Waals surface area contributed by atoms with Gasteiger partial charge in [-0.3, -0.25) is 4.98 Å². The van der Waals surface area contributed by atoms with Gasteiger partial charge in [0.1, 0.15) is 0 Å². The number of hydrogen-bond donors (Lipinski definition) is 0. The van der Waals surface area contributed by atoms with Crippen LogP contribution in [0.25, 0.3) is 84.1 Å². The zero-order valence-electron chi connectivity index (χ0n) is 40.3. The van der Waals surface area contributed by atoms with E-state index in [0.29, 0.717) is 0 Å². The fourth-order valence-electron chi connectivity index (χ4n) is 9.74. The molecule has 0 atom stereocenters. The van der Waals surface area contributed by atoms with Crippen molar-refractivity contribution in [2.24, 2.45) is 0 Å². The quantitative estimate of drug-likeness (QED) is 0.102. The van der Waals surface area contributed by atoms with Crippen LogP contribution in [0.3, 0.4) is 0 Å². The number of aromatic nitrogens is 4. The first kappa shape index (κ1) is 47.6. The van der Waals surface area contributed by atoms with E-state index in [1.54, 1.807) is 0 Å². The number of hydrogen-bond acceptors (Lipinski definition) is 3. The third kappa shape index (κ3) is 10.5. The van der Waals surface area contributed by atoms with E-state index < -0.39 is 0 Å². The Morgan fingerprint density at radius 3 is 1.68 bits per heavy atom. The molecule has 0 fully saturated rings. The van der Waals surface area contributed by atoms with Crippen LogP contribution < -0.4 is 0 Å². The molecule has 0 spiro atoms. The Kier molecular flexibility index (Phi) is 14.5. The monoisotopic (exact) mass is 1100 g/mol. The minimum Gasteiger partial charge on any atom is -0.340 e. The molecule has 8 aromatic carbocycles. The van der Waals surface area contributed by atoms with Gasteiger partial charge in [0.15, 0.2) is 0 Å². The topological polar surface area (TPSA) is 43.6 Å². The Balaban J connectivity index is 0.00000596. The Hall–Kier alpha value is -8.08. The van der Waals surface area contributed by atoms with E-state index in [-0.39, 0.29) is 20.1 Å². The molecule has 0 saturated carbocycles. The summed E-state index contributed by atoms with van der Waals surface area (Å²) in [7, 11) is 0. The number of nitrogens with zero attached hydrogens (tertiary/aromatic N) is 4. The van der Waals surface area contributed by atoms with Crippen LogP contribution in [0, 0.1) is 32.0 Å². The van der Waals surface area contributed by atoms with E-state index in [1.165, 1.54) is 61.3 Å². The van der Waals surface area contributed by atoms with E-state index in [2.05, 4.69) is 207 Å². The molecule has 11 rings (SSSR count). The zero-order valence-corrected chi connectivity index (χ0v) is 42.7. The van der Waals surface area contributed by atoms with Crippen molar-refractivity contribution in [2.75, 3.05) is 0 Å². The van der Waals surface area contributed by atoms with Crippen molar-refractivity contribution in [3.05, 3.63) is 277 Å². The van der Waals surface area contributed by atoms with Crippen LogP contribution in [0.15, 0.2) is 225 Å². The maximum absolute atomic E-state index is 5.10. The van der Waals surface area contributed by atoms with Gasteiger partial charge in [-0.1, -0.05) is 140 Å². The van der Waals surface area contributed by atoms with Crippen LogP contribution in [0.1, 0.15) is 33.4 Å². The molecular weight excluding hydrogens is 1050 g/mol. The van der Waals surface area contributed by atoms with E-state index in [0.717, 1.165) is 81.8 Å². The second-order valence-corrected chi connectivity index (χ2v) is 18.2. The van der Waals surface area contributed by atoms with Gasteiger partial charge in [0.05, 0.1) is 5.82 Å². The van der Waals surface area contributed by atoms with Crippen LogP contribution in [0.4, 0.5) is 0 Å². The molecule has 0 aliphatic heterocycles. The predicted octanol–water partition coefficient (Wildman–Crippen LogP) is 15.9. The number of rotatable bonds is 14. The maximum Gasteiger partial charge on any atom is 3.00 e. The van der Waals surface area contributed by atoms with Crippen molar-refractivity contribution in [3.8, 4) is 84.1 Å². The summed E-state index contributed by atoms with van der Waals surface area (Å²) >= 11 is 0. The first-order chi connectivity index (χ1) is 35.0. The molecule has 0 saturated heterocycles. The van der Waals surface area contributed by atoms with Crippen LogP contribution in [0.2, 0.25) is 0 Å². The van der Waals surface area contributed by atoms with Gasteiger partial charge in [0.2, 0.25) is 0 Å². The molecule has 4 nitrogen and oxygen atoms in total. The van der Waals surface area contributed by atoms with Crippen LogP contribution in [0.5, 0.6) is 0 Å². The minimum absolute atomic E-state index is 0. The summed E-state index contributed by atoms with van der Waals surface area (Å²) in [6.45, 7) is 4.31. The molecule has 0 amide bonds. The van der Waals surface area contributed by atoms with Crippen LogP contribution in [-0.4, -0.2) is 19.5 Å². The van der Waals surface area contributed by atoms with Gasteiger partial charge >= 0.3 is 20.1 Å². The third-order valence-corrected chi connectivity index (χ3v) is 13.4. The average Bonchev–Trinajstić information content (AvgIpc) is 3.92. The van der Waals surface area contributed by atoms with Crippen molar-refractivity contribution in [2.45, 2.75) is 39.5 Å². The second kappa shape index (κ2) is 21.9. The molecule has 3 aromatic heterocycles. The van der Waals surface area contributed by atoms with Crippen molar-refractivity contribution in [1.29, 1.82) is 0 Å². The summed E-state index contributed by atoms with van der Waals surface area (Å²) in [4.78, 5) is 14.7. The molecule has 0 unspecified atom stereocenters. The van der Waals surface area contributed by atoms with Gasteiger partial charge in [0.25, 0.3) is 0 Å². The van der Waals surface area contributed by atoms with Gasteiger partial charge in [-0.15, -0.1) is 107 Å². The smallest absolute Gasteiger partial charge is 0.340 e. The number of pyridine rings is 2. The Bertz CT molecular complexity index is 3550. The van der Waals surface area contributed by atoms with Crippen molar-refractivity contribution < 1.29 is 20.1 Å². The molecule has 11 aromatic rings. The summed E-state index contributed by atoms with van der Waals surface area (Å²) in [5.74, 6) is 0.892. The Morgan fingerprint density at radius 1 is 0.403 bits per heavy atom. The van der Waals surface area contributed by atoms with Crippen molar-refractivity contribution in [1.82, 2.24) is 19.5 Å². The number of para-hydroxylation sites is 1. The minimum atomic E-state index is 0. The Labute approximate surface area is 437 Å².